The van der Waals surface area contributed by atoms with Gasteiger partial charge in [0.2, 0.25) is 0 Å². The molecule has 0 saturated carbocycles. The molecule has 0 fully saturated rings. The van der Waals surface area contributed by atoms with Crippen molar-refractivity contribution in [2.45, 2.75) is 20.8 Å². The lowest BCUT2D eigenvalue weighted by Crippen LogP contribution is -2.16. The van der Waals surface area contributed by atoms with Crippen molar-refractivity contribution < 1.29 is 18.8 Å². The van der Waals surface area contributed by atoms with Crippen LogP contribution in [0.3, 0.4) is 0 Å². The van der Waals surface area contributed by atoms with Gasteiger partial charge in [0, 0.05) is 0 Å². The minimum absolute atomic E-state index is 0.178. The van der Waals surface area contributed by atoms with E-state index in [1.54, 1.807) is 43.3 Å². The molecule has 0 saturated heterocycles. The van der Waals surface area contributed by atoms with Crippen LogP contribution in [0.1, 0.15) is 27.0 Å². The SMILES string of the molecule is Cc1ccc2c(P(=O)(O)OC(=O)c3ccccc3)c(C)cc(C)c2c1. The molecule has 0 spiro atoms. The summed E-state index contributed by atoms with van der Waals surface area (Å²) in [6.45, 7) is 5.67. The highest BCUT2D eigenvalue weighted by atomic mass is 31.2. The van der Waals surface area contributed by atoms with Crippen LogP contribution in [0.2, 0.25) is 0 Å². The first-order chi connectivity index (χ1) is 11.8. The minimum Gasteiger partial charge on any atom is -0.385 e. The van der Waals surface area contributed by atoms with Crippen LogP contribution in [0.4, 0.5) is 0 Å². The first-order valence-electron chi connectivity index (χ1n) is 7.92. The third-order valence-corrected chi connectivity index (χ3v) is 5.73. The van der Waals surface area contributed by atoms with Gasteiger partial charge in [-0.1, -0.05) is 48.0 Å². The minimum atomic E-state index is -4.33. The highest BCUT2D eigenvalue weighted by Crippen LogP contribution is 2.45. The van der Waals surface area contributed by atoms with Gasteiger partial charge in [0.15, 0.2) is 0 Å². The normalized spacial score (nSPS) is 13.4. The molecule has 3 rings (SSSR count). The molecule has 5 heteroatoms. The first kappa shape index (κ1) is 17.4. The second kappa shape index (κ2) is 6.47. The summed E-state index contributed by atoms with van der Waals surface area (Å²) in [5.74, 6) is -0.813. The summed E-state index contributed by atoms with van der Waals surface area (Å²) in [6, 6.07) is 15.7. The highest BCUT2D eigenvalue weighted by molar-refractivity contribution is 7.62. The molecule has 4 nitrogen and oxygen atoms in total. The molecule has 0 aliphatic carbocycles. The zero-order chi connectivity index (χ0) is 18.2. The summed E-state index contributed by atoms with van der Waals surface area (Å²) in [5, 5.41) is 1.69. The predicted molar refractivity (Wildman–Crippen MR) is 99.5 cm³/mol. The summed E-state index contributed by atoms with van der Waals surface area (Å²) in [6.07, 6.45) is 0. The van der Waals surface area contributed by atoms with Gasteiger partial charge in [0.1, 0.15) is 0 Å². The zero-order valence-corrected chi connectivity index (χ0v) is 15.2. The molecule has 1 N–H and O–H groups in total. The van der Waals surface area contributed by atoms with Crippen molar-refractivity contribution in [3.05, 3.63) is 76.9 Å². The zero-order valence-electron chi connectivity index (χ0n) is 14.3. The van der Waals surface area contributed by atoms with Crippen LogP contribution >= 0.6 is 7.60 Å². The van der Waals surface area contributed by atoms with Gasteiger partial charge in [-0.15, -0.1) is 0 Å². The molecule has 0 heterocycles. The standard InChI is InChI=1S/C20H19O4P/c1-13-9-10-17-18(11-13)14(2)12-15(3)19(17)25(22,23)24-20(21)16-7-5-4-6-8-16/h4-12H,1-3H3,(H,22,23). The van der Waals surface area contributed by atoms with Crippen LogP contribution in [-0.4, -0.2) is 10.9 Å². The van der Waals surface area contributed by atoms with Gasteiger partial charge in [-0.25, -0.2) is 9.36 Å². The van der Waals surface area contributed by atoms with Crippen molar-refractivity contribution in [2.24, 2.45) is 0 Å². The van der Waals surface area contributed by atoms with Gasteiger partial charge >= 0.3 is 13.6 Å². The topological polar surface area (TPSA) is 63.6 Å². The van der Waals surface area contributed by atoms with E-state index < -0.39 is 13.6 Å². The number of rotatable bonds is 3. The van der Waals surface area contributed by atoms with E-state index in [1.165, 1.54) is 0 Å². The fraction of sp³-hybridized carbons (Fsp3) is 0.150. The third kappa shape index (κ3) is 3.37. The highest BCUT2D eigenvalue weighted by Gasteiger charge is 2.32. The van der Waals surface area contributed by atoms with Crippen molar-refractivity contribution >= 4 is 29.6 Å². The number of aryl methyl sites for hydroxylation is 3. The number of fused-ring (bicyclic) bond motifs is 1. The molecule has 0 radical (unpaired) electrons. The van der Waals surface area contributed by atoms with Gasteiger partial charge < -0.3 is 9.42 Å². The third-order valence-electron chi connectivity index (χ3n) is 4.16. The molecule has 0 aliphatic rings. The lowest BCUT2D eigenvalue weighted by atomic mass is 10.0. The van der Waals surface area contributed by atoms with E-state index in [2.05, 4.69) is 0 Å². The van der Waals surface area contributed by atoms with Gasteiger partial charge in [0.25, 0.3) is 0 Å². The van der Waals surface area contributed by atoms with Crippen LogP contribution in [0.15, 0.2) is 54.6 Å². The van der Waals surface area contributed by atoms with E-state index in [1.807, 2.05) is 32.0 Å². The molecule has 1 unspecified atom stereocenters. The van der Waals surface area contributed by atoms with Crippen LogP contribution in [0, 0.1) is 20.8 Å². The lowest BCUT2D eigenvalue weighted by molar-refractivity contribution is 0.0723. The molecule has 25 heavy (non-hydrogen) atoms. The Morgan fingerprint density at radius 1 is 0.920 bits per heavy atom. The molecule has 0 amide bonds. The van der Waals surface area contributed by atoms with E-state index in [0.717, 1.165) is 16.5 Å². The summed E-state index contributed by atoms with van der Waals surface area (Å²) in [5.41, 5.74) is 2.93. The van der Waals surface area contributed by atoms with Crippen LogP contribution in [0.5, 0.6) is 0 Å². The molecule has 128 valence electrons. The van der Waals surface area contributed by atoms with E-state index in [9.17, 15) is 14.3 Å². The lowest BCUT2D eigenvalue weighted by Gasteiger charge is -2.18. The first-order valence-corrected chi connectivity index (χ1v) is 9.50. The van der Waals surface area contributed by atoms with Crippen LogP contribution in [-0.2, 0) is 9.09 Å². The summed E-state index contributed by atoms with van der Waals surface area (Å²) in [7, 11) is -4.33. The second-order valence-corrected chi connectivity index (χ2v) is 7.84. The Hall–Kier alpha value is -2.42. The van der Waals surface area contributed by atoms with Crippen molar-refractivity contribution in [2.75, 3.05) is 0 Å². The van der Waals surface area contributed by atoms with E-state index >= 15 is 0 Å². The Bertz CT molecular complexity index is 1010. The van der Waals surface area contributed by atoms with Crippen molar-refractivity contribution in [1.29, 1.82) is 0 Å². The monoisotopic (exact) mass is 354 g/mol. The number of carbonyl (C=O) groups excluding carboxylic acids is 1. The maximum atomic E-state index is 12.9. The Morgan fingerprint density at radius 3 is 2.28 bits per heavy atom. The largest absolute Gasteiger partial charge is 0.411 e. The smallest absolute Gasteiger partial charge is 0.385 e. The number of benzene rings is 3. The Balaban J connectivity index is 2.11. The number of carbonyl (C=O) groups is 1. The van der Waals surface area contributed by atoms with E-state index in [-0.39, 0.29) is 10.9 Å². The summed E-state index contributed by atoms with van der Waals surface area (Å²) < 4.78 is 18.0. The molecule has 1 atom stereocenters. The number of hydrogen-bond acceptors (Lipinski definition) is 3. The second-order valence-electron chi connectivity index (χ2n) is 6.17. The summed E-state index contributed by atoms with van der Waals surface area (Å²) in [4.78, 5) is 22.8. The average molecular weight is 354 g/mol. The molecule has 0 aromatic heterocycles. The molecular formula is C20H19O4P. The fourth-order valence-corrected chi connectivity index (χ4v) is 4.47. The van der Waals surface area contributed by atoms with Crippen LogP contribution < -0.4 is 5.30 Å². The Labute approximate surface area is 146 Å². The van der Waals surface area contributed by atoms with E-state index in [4.69, 9.17) is 4.52 Å². The Kier molecular flexibility index (Phi) is 4.51. The van der Waals surface area contributed by atoms with Gasteiger partial charge in [-0.3, -0.25) is 0 Å². The summed E-state index contributed by atoms with van der Waals surface area (Å²) >= 11 is 0. The van der Waals surface area contributed by atoms with Crippen molar-refractivity contribution in [1.82, 2.24) is 0 Å². The predicted octanol–water partition coefficient (Wildman–Crippen LogP) is 4.43. The molecule has 0 bridgehead atoms. The Morgan fingerprint density at radius 2 is 1.60 bits per heavy atom. The average Bonchev–Trinajstić information content (AvgIpc) is 2.55. The number of hydrogen-bond donors (Lipinski definition) is 1. The quantitative estimate of drug-likeness (QED) is 0.707. The van der Waals surface area contributed by atoms with Crippen molar-refractivity contribution in [3.63, 3.8) is 0 Å². The molecule has 3 aromatic carbocycles. The van der Waals surface area contributed by atoms with Crippen molar-refractivity contribution in [3.8, 4) is 0 Å². The van der Waals surface area contributed by atoms with Gasteiger partial charge in [-0.2, -0.15) is 0 Å². The molecule has 3 aromatic rings. The maximum Gasteiger partial charge on any atom is 0.411 e. The van der Waals surface area contributed by atoms with Crippen LogP contribution in [0.25, 0.3) is 10.8 Å². The fourth-order valence-electron chi connectivity index (χ4n) is 3.03. The van der Waals surface area contributed by atoms with Gasteiger partial charge in [0.05, 0.1) is 10.9 Å². The van der Waals surface area contributed by atoms with E-state index in [0.29, 0.717) is 10.9 Å². The molecular weight excluding hydrogens is 335 g/mol. The molecule has 0 aliphatic heterocycles. The van der Waals surface area contributed by atoms with Gasteiger partial charge in [-0.05, 0) is 54.8 Å². The maximum absolute atomic E-state index is 12.9.